The molecule has 2 saturated heterocycles. The summed E-state index contributed by atoms with van der Waals surface area (Å²) in [4.78, 5) is 2.52. The average molecular weight is 307 g/mol. The third-order valence-electron chi connectivity index (χ3n) is 5.17. The molecule has 3 heterocycles. The zero-order valence-corrected chi connectivity index (χ0v) is 13.1. The fourth-order valence-electron chi connectivity index (χ4n) is 3.60. The zero-order valence-electron chi connectivity index (χ0n) is 13.1. The van der Waals surface area contributed by atoms with E-state index >= 15 is 0 Å². The molecule has 1 aromatic heterocycles. The summed E-state index contributed by atoms with van der Waals surface area (Å²) in [5.74, 6) is 2.46. The Morgan fingerprint density at radius 3 is 2.73 bits per heavy atom. The minimum atomic E-state index is 0.557. The first-order valence-corrected chi connectivity index (χ1v) is 8.55. The van der Waals surface area contributed by atoms with E-state index in [9.17, 15) is 0 Å². The Bertz CT molecular complexity index is 484. The van der Waals surface area contributed by atoms with Crippen LogP contribution in [0, 0.1) is 11.8 Å². The summed E-state index contributed by atoms with van der Waals surface area (Å²) in [5, 5.41) is 12.4. The first-order chi connectivity index (χ1) is 10.9. The molecule has 4 rings (SSSR count). The van der Waals surface area contributed by atoms with Crippen molar-refractivity contribution in [1.82, 2.24) is 25.1 Å². The summed E-state index contributed by atoms with van der Waals surface area (Å²) >= 11 is 0. The summed E-state index contributed by atoms with van der Waals surface area (Å²) in [6, 6.07) is 0.557. The summed E-state index contributed by atoms with van der Waals surface area (Å²) in [5.41, 5.74) is 0. The van der Waals surface area contributed by atoms with Crippen LogP contribution in [0.2, 0.25) is 0 Å². The Balaban J connectivity index is 1.40. The van der Waals surface area contributed by atoms with Crippen LogP contribution in [0.25, 0.3) is 0 Å². The Morgan fingerprint density at radius 1 is 1.05 bits per heavy atom. The van der Waals surface area contributed by atoms with Gasteiger partial charge < -0.3 is 9.47 Å². The maximum atomic E-state index is 5.67. The van der Waals surface area contributed by atoms with Gasteiger partial charge in [-0.3, -0.25) is 4.90 Å². The molecule has 22 heavy (non-hydrogen) atoms. The van der Waals surface area contributed by atoms with Gasteiger partial charge in [-0.15, -0.1) is 5.10 Å². The normalized spacial score (nSPS) is 28.1. The van der Waals surface area contributed by atoms with Crippen LogP contribution in [-0.4, -0.2) is 64.1 Å². The molecule has 1 aromatic rings. The molecular weight excluding hydrogens is 282 g/mol. The van der Waals surface area contributed by atoms with Gasteiger partial charge in [-0.1, -0.05) is 0 Å². The van der Waals surface area contributed by atoms with Gasteiger partial charge in [-0.2, -0.15) is 0 Å². The van der Waals surface area contributed by atoms with Gasteiger partial charge in [-0.25, -0.2) is 4.68 Å². The lowest BCUT2D eigenvalue weighted by atomic mass is 10.0. The van der Waals surface area contributed by atoms with Crippen LogP contribution in [0.4, 0.5) is 0 Å². The van der Waals surface area contributed by atoms with Crippen LogP contribution in [0.3, 0.4) is 0 Å². The SMILES string of the molecule is C1CC(Cn2nnnc2CN2CCOCC2C2CC2)CCO1. The topological polar surface area (TPSA) is 65.3 Å². The molecular formula is C15H25N5O2. The number of hydrogen-bond donors (Lipinski definition) is 0. The Kier molecular flexibility index (Phi) is 4.36. The standard InChI is InChI=1S/C15H25N5O2/c1-2-13(1)14-11-22-8-5-19(14)10-15-16-17-18-20(15)9-12-3-6-21-7-4-12/h12-14H,1-11H2. The lowest BCUT2D eigenvalue weighted by Crippen LogP contribution is -2.46. The van der Waals surface area contributed by atoms with Crippen LogP contribution < -0.4 is 0 Å². The fourth-order valence-corrected chi connectivity index (χ4v) is 3.60. The first-order valence-electron chi connectivity index (χ1n) is 8.55. The monoisotopic (exact) mass is 307 g/mol. The minimum Gasteiger partial charge on any atom is -0.381 e. The minimum absolute atomic E-state index is 0.557. The summed E-state index contributed by atoms with van der Waals surface area (Å²) in [6.07, 6.45) is 4.91. The number of hydrogen-bond acceptors (Lipinski definition) is 6. The van der Waals surface area contributed by atoms with Crippen molar-refractivity contribution >= 4 is 0 Å². The van der Waals surface area contributed by atoms with Crippen molar-refractivity contribution in [3.63, 3.8) is 0 Å². The molecule has 0 amide bonds. The highest BCUT2D eigenvalue weighted by Crippen LogP contribution is 2.36. The van der Waals surface area contributed by atoms with Crippen molar-refractivity contribution in [3.05, 3.63) is 5.82 Å². The molecule has 0 bridgehead atoms. The van der Waals surface area contributed by atoms with Gasteiger partial charge in [0.05, 0.1) is 19.8 Å². The molecule has 3 aliphatic rings. The van der Waals surface area contributed by atoms with E-state index in [-0.39, 0.29) is 0 Å². The van der Waals surface area contributed by atoms with E-state index in [0.29, 0.717) is 12.0 Å². The number of rotatable bonds is 5. The van der Waals surface area contributed by atoms with Gasteiger partial charge in [0.2, 0.25) is 0 Å². The predicted octanol–water partition coefficient (Wildman–Crippen LogP) is 0.710. The number of aromatic nitrogens is 4. The van der Waals surface area contributed by atoms with Crippen molar-refractivity contribution in [2.24, 2.45) is 11.8 Å². The molecule has 0 N–H and O–H groups in total. The van der Waals surface area contributed by atoms with E-state index in [1.807, 2.05) is 4.68 Å². The number of nitrogens with zero attached hydrogens (tertiary/aromatic N) is 5. The van der Waals surface area contributed by atoms with Crippen molar-refractivity contribution in [2.75, 3.05) is 33.0 Å². The second-order valence-electron chi connectivity index (χ2n) is 6.78. The molecule has 0 aromatic carbocycles. The highest BCUT2D eigenvalue weighted by molar-refractivity contribution is 4.93. The Morgan fingerprint density at radius 2 is 1.91 bits per heavy atom. The third-order valence-corrected chi connectivity index (χ3v) is 5.17. The highest BCUT2D eigenvalue weighted by Gasteiger charge is 2.37. The second-order valence-corrected chi connectivity index (χ2v) is 6.78. The van der Waals surface area contributed by atoms with E-state index in [1.165, 1.54) is 12.8 Å². The van der Waals surface area contributed by atoms with E-state index in [0.717, 1.165) is 70.6 Å². The molecule has 122 valence electrons. The number of ether oxygens (including phenoxy) is 2. The van der Waals surface area contributed by atoms with Gasteiger partial charge in [0.1, 0.15) is 0 Å². The van der Waals surface area contributed by atoms with Crippen molar-refractivity contribution in [1.29, 1.82) is 0 Å². The van der Waals surface area contributed by atoms with Crippen LogP contribution >= 0.6 is 0 Å². The van der Waals surface area contributed by atoms with Gasteiger partial charge in [-0.05, 0) is 47.9 Å². The smallest absolute Gasteiger partial charge is 0.165 e. The predicted molar refractivity (Wildman–Crippen MR) is 79.1 cm³/mol. The Hall–Kier alpha value is -1.05. The van der Waals surface area contributed by atoms with Crippen molar-refractivity contribution in [2.45, 2.75) is 44.8 Å². The molecule has 1 aliphatic carbocycles. The molecule has 1 atom stereocenters. The summed E-state index contributed by atoms with van der Waals surface area (Å²) in [6.45, 7) is 6.19. The summed E-state index contributed by atoms with van der Waals surface area (Å²) < 4.78 is 13.1. The van der Waals surface area contributed by atoms with Crippen molar-refractivity contribution in [3.8, 4) is 0 Å². The van der Waals surface area contributed by atoms with Gasteiger partial charge in [0.25, 0.3) is 0 Å². The van der Waals surface area contributed by atoms with Crippen molar-refractivity contribution < 1.29 is 9.47 Å². The van der Waals surface area contributed by atoms with E-state index in [4.69, 9.17) is 9.47 Å². The fraction of sp³-hybridized carbons (Fsp3) is 0.933. The van der Waals surface area contributed by atoms with E-state index in [1.54, 1.807) is 0 Å². The van der Waals surface area contributed by atoms with Crippen LogP contribution in [-0.2, 0) is 22.6 Å². The first kappa shape index (κ1) is 14.5. The quantitative estimate of drug-likeness (QED) is 0.798. The molecule has 7 nitrogen and oxygen atoms in total. The van der Waals surface area contributed by atoms with Crippen LogP contribution in [0.15, 0.2) is 0 Å². The van der Waals surface area contributed by atoms with Crippen LogP contribution in [0.1, 0.15) is 31.5 Å². The average Bonchev–Trinajstić information content (AvgIpc) is 3.32. The largest absolute Gasteiger partial charge is 0.381 e. The second kappa shape index (κ2) is 6.60. The molecule has 2 aliphatic heterocycles. The number of morpholine rings is 1. The van der Waals surface area contributed by atoms with Gasteiger partial charge >= 0.3 is 0 Å². The molecule has 1 unspecified atom stereocenters. The maximum absolute atomic E-state index is 5.67. The molecule has 1 saturated carbocycles. The molecule has 0 spiro atoms. The maximum Gasteiger partial charge on any atom is 0.165 e. The highest BCUT2D eigenvalue weighted by atomic mass is 16.5. The Labute approximate surface area is 130 Å². The summed E-state index contributed by atoms with van der Waals surface area (Å²) in [7, 11) is 0. The lowest BCUT2D eigenvalue weighted by molar-refractivity contribution is -0.0217. The lowest BCUT2D eigenvalue weighted by Gasteiger charge is -2.35. The van der Waals surface area contributed by atoms with E-state index < -0.39 is 0 Å². The zero-order chi connectivity index (χ0) is 14.8. The molecule has 7 heteroatoms. The number of tetrazole rings is 1. The van der Waals surface area contributed by atoms with E-state index in [2.05, 4.69) is 20.4 Å². The van der Waals surface area contributed by atoms with Crippen LogP contribution in [0.5, 0.6) is 0 Å². The van der Waals surface area contributed by atoms with Gasteiger partial charge in [0.15, 0.2) is 5.82 Å². The van der Waals surface area contributed by atoms with Gasteiger partial charge in [0, 0.05) is 32.3 Å². The molecule has 3 fully saturated rings. The molecule has 0 radical (unpaired) electrons. The third kappa shape index (κ3) is 3.31.